The minimum absolute atomic E-state index is 0.113. The largest absolute Gasteiger partial charge is 0.468 e. The number of aromatic amines is 1. The summed E-state index contributed by atoms with van der Waals surface area (Å²) < 4.78 is 4.99. The molecular weight excluding hydrogens is 336 g/mol. The van der Waals surface area contributed by atoms with Crippen LogP contribution in [0.1, 0.15) is 28.4 Å². The van der Waals surface area contributed by atoms with E-state index >= 15 is 0 Å². The lowest BCUT2D eigenvalue weighted by molar-refractivity contribution is -0.143. The van der Waals surface area contributed by atoms with Crippen LogP contribution in [0.3, 0.4) is 0 Å². The average Bonchev–Trinajstić information content (AvgIpc) is 2.99. The Labute approximate surface area is 151 Å². The quantitative estimate of drug-likeness (QED) is 0.686. The Kier molecular flexibility index (Phi) is 4.02. The molecule has 2 N–H and O–H groups in total. The lowest BCUT2D eigenvalue weighted by Gasteiger charge is -2.31. The zero-order valence-electron chi connectivity index (χ0n) is 14.1. The summed E-state index contributed by atoms with van der Waals surface area (Å²) in [6, 6.07) is 13.5. The molecule has 2 atom stereocenters. The number of rotatable bonds is 2. The van der Waals surface area contributed by atoms with Gasteiger partial charge < -0.3 is 9.72 Å². The van der Waals surface area contributed by atoms with Crippen LogP contribution in [-0.2, 0) is 16.0 Å². The van der Waals surface area contributed by atoms with Crippen molar-refractivity contribution in [1.82, 2.24) is 10.3 Å². The third-order valence-electron chi connectivity index (χ3n) is 4.94. The second kappa shape index (κ2) is 6.21. The average molecular weight is 355 g/mol. The van der Waals surface area contributed by atoms with Crippen LogP contribution in [0, 0.1) is 6.92 Å². The summed E-state index contributed by atoms with van der Waals surface area (Å²) in [4.78, 5) is 15.8. The number of methoxy groups -OCH3 is 1. The van der Waals surface area contributed by atoms with Crippen molar-refractivity contribution in [2.45, 2.75) is 25.4 Å². The predicted molar refractivity (Wildman–Crippen MR) is 99.0 cm³/mol. The van der Waals surface area contributed by atoms with Crippen LogP contribution in [0.5, 0.6) is 0 Å². The van der Waals surface area contributed by atoms with Gasteiger partial charge >= 0.3 is 5.97 Å². The molecule has 5 heteroatoms. The van der Waals surface area contributed by atoms with Gasteiger partial charge in [0.2, 0.25) is 0 Å². The molecule has 0 radical (unpaired) electrons. The first-order valence-electron chi connectivity index (χ1n) is 8.28. The zero-order valence-corrected chi connectivity index (χ0v) is 14.9. The molecule has 0 aliphatic carbocycles. The first-order valence-corrected chi connectivity index (χ1v) is 8.65. The third-order valence-corrected chi connectivity index (χ3v) is 5.18. The number of esters is 1. The fourth-order valence-electron chi connectivity index (χ4n) is 3.74. The zero-order chi connectivity index (χ0) is 17.6. The molecule has 25 heavy (non-hydrogen) atoms. The number of benzene rings is 2. The van der Waals surface area contributed by atoms with Crippen LogP contribution in [0.4, 0.5) is 0 Å². The highest BCUT2D eigenvalue weighted by molar-refractivity contribution is 6.30. The predicted octanol–water partition coefficient (Wildman–Crippen LogP) is 3.91. The highest BCUT2D eigenvalue weighted by Gasteiger charge is 2.34. The van der Waals surface area contributed by atoms with E-state index in [2.05, 4.69) is 22.4 Å². The van der Waals surface area contributed by atoms with E-state index in [1.165, 1.54) is 12.7 Å². The van der Waals surface area contributed by atoms with Gasteiger partial charge in [0, 0.05) is 28.0 Å². The molecule has 0 unspecified atom stereocenters. The van der Waals surface area contributed by atoms with Crippen LogP contribution in [0.15, 0.2) is 42.5 Å². The van der Waals surface area contributed by atoms with Crippen LogP contribution in [-0.4, -0.2) is 24.1 Å². The van der Waals surface area contributed by atoms with Crippen molar-refractivity contribution in [1.29, 1.82) is 0 Å². The van der Waals surface area contributed by atoms with Gasteiger partial charge in [0.1, 0.15) is 6.04 Å². The Morgan fingerprint density at radius 3 is 2.80 bits per heavy atom. The van der Waals surface area contributed by atoms with Crippen LogP contribution in [0.25, 0.3) is 10.9 Å². The number of carbonyl (C=O) groups excluding carboxylic acids is 1. The summed E-state index contributed by atoms with van der Waals surface area (Å²) in [7, 11) is 1.43. The first-order chi connectivity index (χ1) is 12.1. The highest BCUT2D eigenvalue weighted by atomic mass is 35.5. The maximum atomic E-state index is 12.2. The molecule has 2 heterocycles. The number of aryl methyl sites for hydroxylation is 1. The van der Waals surface area contributed by atoms with Crippen LogP contribution in [0.2, 0.25) is 5.02 Å². The lowest BCUT2D eigenvalue weighted by atomic mass is 9.88. The molecule has 0 saturated carbocycles. The Morgan fingerprint density at radius 2 is 2.04 bits per heavy atom. The Bertz CT molecular complexity index is 963. The molecule has 4 rings (SSSR count). The van der Waals surface area contributed by atoms with Crippen molar-refractivity contribution in [3.63, 3.8) is 0 Å². The number of ether oxygens (including phenoxy) is 1. The van der Waals surface area contributed by atoms with Crippen molar-refractivity contribution < 1.29 is 9.53 Å². The van der Waals surface area contributed by atoms with E-state index in [0.29, 0.717) is 11.4 Å². The summed E-state index contributed by atoms with van der Waals surface area (Å²) in [5.74, 6) is -0.243. The Hall–Kier alpha value is -2.30. The maximum Gasteiger partial charge on any atom is 0.323 e. The number of H-pyrrole nitrogens is 1. The summed E-state index contributed by atoms with van der Waals surface area (Å²) in [6.07, 6.45) is 0.606. The second-order valence-electron chi connectivity index (χ2n) is 6.44. The van der Waals surface area contributed by atoms with Gasteiger partial charge in [-0.05, 0) is 41.8 Å². The van der Waals surface area contributed by atoms with Gasteiger partial charge in [-0.3, -0.25) is 10.1 Å². The SMILES string of the molecule is COC(=O)[C@@H]1Cc2c([nH]c3ccccc23)[C@H](c2ccc(Cl)cc2C)N1. The van der Waals surface area contributed by atoms with Crippen molar-refractivity contribution >= 4 is 28.5 Å². The number of carbonyl (C=O) groups is 1. The van der Waals surface area contributed by atoms with Crippen molar-refractivity contribution in [2.75, 3.05) is 7.11 Å². The summed E-state index contributed by atoms with van der Waals surface area (Å²) in [5.41, 5.74) is 5.54. The molecule has 0 spiro atoms. The van der Waals surface area contributed by atoms with Crippen molar-refractivity contribution in [3.05, 3.63) is 69.9 Å². The number of hydrogen-bond donors (Lipinski definition) is 2. The van der Waals surface area contributed by atoms with Crippen molar-refractivity contribution in [2.24, 2.45) is 0 Å². The number of halogens is 1. The Balaban J connectivity index is 1.90. The lowest BCUT2D eigenvalue weighted by Crippen LogP contribution is -2.45. The molecule has 1 aliphatic rings. The van der Waals surface area contributed by atoms with Gasteiger partial charge in [0.05, 0.1) is 13.2 Å². The van der Waals surface area contributed by atoms with E-state index in [4.69, 9.17) is 16.3 Å². The molecule has 3 aromatic rings. The minimum atomic E-state index is -0.378. The van der Waals surface area contributed by atoms with E-state index in [1.807, 2.05) is 37.3 Å². The van der Waals surface area contributed by atoms with E-state index < -0.39 is 0 Å². The minimum Gasteiger partial charge on any atom is -0.468 e. The summed E-state index contributed by atoms with van der Waals surface area (Å²) in [6.45, 7) is 2.03. The van der Waals surface area contributed by atoms with Gasteiger partial charge in [-0.15, -0.1) is 0 Å². The third kappa shape index (κ3) is 2.71. The van der Waals surface area contributed by atoms with Crippen molar-refractivity contribution in [3.8, 4) is 0 Å². The topological polar surface area (TPSA) is 54.1 Å². The van der Waals surface area contributed by atoms with E-state index in [0.717, 1.165) is 27.7 Å². The molecule has 128 valence electrons. The molecule has 2 aromatic carbocycles. The van der Waals surface area contributed by atoms with Gasteiger partial charge in [-0.2, -0.15) is 0 Å². The number of aromatic nitrogens is 1. The second-order valence-corrected chi connectivity index (χ2v) is 6.88. The molecule has 0 fully saturated rings. The Morgan fingerprint density at radius 1 is 1.24 bits per heavy atom. The summed E-state index contributed by atoms with van der Waals surface area (Å²) >= 11 is 6.12. The normalized spacial score (nSPS) is 19.6. The molecule has 0 amide bonds. The van der Waals surface area contributed by atoms with Crippen LogP contribution >= 0.6 is 11.6 Å². The molecule has 4 nitrogen and oxygen atoms in total. The number of fused-ring (bicyclic) bond motifs is 3. The van der Waals surface area contributed by atoms with Gasteiger partial charge in [-0.25, -0.2) is 0 Å². The standard InChI is InChI=1S/C20H19ClN2O2/c1-11-9-12(21)7-8-13(11)18-19-15(10-17(23-18)20(24)25-2)14-5-3-4-6-16(14)22-19/h3-9,17-18,22-23H,10H2,1-2H3/t17-,18-/m0/s1. The first kappa shape index (κ1) is 16.2. The maximum absolute atomic E-state index is 12.2. The molecular formula is C20H19ClN2O2. The van der Waals surface area contributed by atoms with E-state index in [1.54, 1.807) is 0 Å². The fourth-order valence-corrected chi connectivity index (χ4v) is 3.96. The van der Waals surface area contributed by atoms with Crippen LogP contribution < -0.4 is 5.32 Å². The molecule has 1 aromatic heterocycles. The van der Waals surface area contributed by atoms with Gasteiger partial charge in [-0.1, -0.05) is 35.9 Å². The molecule has 1 aliphatic heterocycles. The fraction of sp³-hybridized carbons (Fsp3) is 0.250. The van der Waals surface area contributed by atoms with Gasteiger partial charge in [0.25, 0.3) is 0 Å². The summed E-state index contributed by atoms with van der Waals surface area (Å²) in [5, 5.41) is 5.31. The highest BCUT2D eigenvalue weighted by Crippen LogP contribution is 2.36. The van der Waals surface area contributed by atoms with Gasteiger partial charge in [0.15, 0.2) is 0 Å². The molecule has 0 saturated heterocycles. The van der Waals surface area contributed by atoms with E-state index in [9.17, 15) is 4.79 Å². The number of nitrogens with one attached hydrogen (secondary N) is 2. The van der Waals surface area contributed by atoms with E-state index in [-0.39, 0.29) is 18.1 Å². The number of para-hydroxylation sites is 1. The monoisotopic (exact) mass is 354 g/mol. The molecule has 0 bridgehead atoms. The smallest absolute Gasteiger partial charge is 0.323 e. The number of hydrogen-bond acceptors (Lipinski definition) is 3.